The van der Waals surface area contributed by atoms with Gasteiger partial charge in [-0.05, 0) is 22.3 Å². The van der Waals surface area contributed by atoms with E-state index in [1.54, 1.807) is 38.1 Å². The number of methoxy groups -OCH3 is 2. The van der Waals surface area contributed by atoms with Gasteiger partial charge in [0.1, 0.15) is 23.7 Å². The summed E-state index contributed by atoms with van der Waals surface area (Å²) < 4.78 is 20.1. The second kappa shape index (κ2) is 22.7. The minimum Gasteiger partial charge on any atom is -0.468 e. The lowest BCUT2D eigenvalue weighted by molar-refractivity contribution is -0.146. The third kappa shape index (κ3) is 11.9. The number of ether oxygens (including phenoxy) is 4. The van der Waals surface area contributed by atoms with Gasteiger partial charge in [-0.15, -0.1) is 24.8 Å². The smallest absolute Gasteiger partial charge is 0.408 e. The summed E-state index contributed by atoms with van der Waals surface area (Å²) in [6.45, 7) is 3.66. The molecule has 2 fully saturated rings. The van der Waals surface area contributed by atoms with E-state index < -0.39 is 72.0 Å². The van der Waals surface area contributed by atoms with Crippen molar-refractivity contribution >= 4 is 60.5 Å². The molecule has 8 unspecified atom stereocenters. The first kappa shape index (κ1) is 47.4. The number of ketones is 2. The van der Waals surface area contributed by atoms with Crippen LogP contribution in [0, 0.1) is 23.7 Å². The molecule has 18 heteroatoms. The standard InChI is InChI=1S/C38H48N6O10.2ClH/c1-21(25-11-7-23(17-39)8-12-25)33(45)29-27(19-41-31(29)35(47)51-3)43-37(49)53-15-5-6-16-54-38(50)44-28-20-42-32(36(48)52-4)30(28)34(46)22(2)26-13-9-24(18-40)10-14-26;;/h7-14,21-22,27-32,41-42H,15-20,39-40H2,1-4H3,(H,43,49)(H,44,50);2*1H. The Morgan fingerprint density at radius 1 is 0.661 bits per heavy atom. The van der Waals surface area contributed by atoms with Gasteiger partial charge in [-0.2, -0.15) is 0 Å². The summed E-state index contributed by atoms with van der Waals surface area (Å²) in [5.41, 5.74) is 14.7. The average Bonchev–Trinajstić information content (AvgIpc) is 3.81. The summed E-state index contributed by atoms with van der Waals surface area (Å²) in [6, 6.07) is 11.0. The number of Topliss-reactive ketones (excluding diaryl/α,β-unsaturated/α-hetero) is 2. The van der Waals surface area contributed by atoms with Crippen LogP contribution in [-0.4, -0.2) is 100 Å². The molecule has 0 spiro atoms. The van der Waals surface area contributed by atoms with Crippen molar-refractivity contribution < 1.29 is 47.7 Å². The number of carbonyl (C=O) groups is 6. The summed E-state index contributed by atoms with van der Waals surface area (Å²) >= 11 is 0. The molecule has 0 aliphatic carbocycles. The van der Waals surface area contributed by atoms with Crippen molar-refractivity contribution in [2.24, 2.45) is 23.3 Å². The van der Waals surface area contributed by atoms with Gasteiger partial charge in [0, 0.05) is 38.0 Å². The van der Waals surface area contributed by atoms with Crippen molar-refractivity contribution in [3.05, 3.63) is 70.8 Å². The van der Waals surface area contributed by atoms with Crippen LogP contribution in [0.15, 0.2) is 48.5 Å². The van der Waals surface area contributed by atoms with Crippen molar-refractivity contribution in [1.29, 1.82) is 0 Å². The summed E-state index contributed by atoms with van der Waals surface area (Å²) in [5.74, 6) is 0.266. The fraction of sp³-hybridized carbons (Fsp3) is 0.474. The molecule has 0 bridgehead atoms. The fourth-order valence-corrected chi connectivity index (χ4v) is 6.68. The molecule has 306 valence electrons. The molecule has 0 aromatic heterocycles. The zero-order valence-corrected chi connectivity index (χ0v) is 33.2. The predicted molar refractivity (Wildman–Crippen MR) is 209 cm³/mol. The first-order valence-corrected chi connectivity index (χ1v) is 17.5. The van der Waals surface area contributed by atoms with Gasteiger partial charge >= 0.3 is 24.1 Å². The number of benzene rings is 2. The van der Waals surface area contributed by atoms with Gasteiger partial charge in [-0.3, -0.25) is 19.2 Å². The lowest BCUT2D eigenvalue weighted by Gasteiger charge is -2.25. The maximum atomic E-state index is 13.7. The molecule has 2 heterocycles. The number of halogens is 2. The Hall–Kier alpha value is -4.76. The highest BCUT2D eigenvalue weighted by molar-refractivity contribution is 5.95. The van der Waals surface area contributed by atoms with E-state index in [0.717, 1.165) is 22.3 Å². The maximum Gasteiger partial charge on any atom is 0.408 e. The molecule has 8 atom stereocenters. The third-order valence-electron chi connectivity index (χ3n) is 9.83. The SMILES string of the molecule is COC(=O)C1NCC(NC(=O)OCC#CCOC(=O)NC2CNC(C(=O)OC)C2C(=O)C(C)c2ccc(CN)cc2)C1C(=O)C(C)c1ccc(CN)cc1.Cl.Cl. The minimum atomic E-state index is -0.973. The Kier molecular flexibility index (Phi) is 19.2. The number of alkyl carbamates (subject to hydrolysis) is 2. The van der Waals surface area contributed by atoms with E-state index in [-0.39, 0.29) is 62.7 Å². The van der Waals surface area contributed by atoms with Gasteiger partial charge in [0.15, 0.2) is 13.2 Å². The number of carbonyl (C=O) groups excluding carboxylic acids is 6. The highest BCUT2D eigenvalue weighted by Crippen LogP contribution is 2.29. The van der Waals surface area contributed by atoms with Crippen LogP contribution in [0.2, 0.25) is 0 Å². The van der Waals surface area contributed by atoms with Crippen molar-refractivity contribution in [2.45, 2.75) is 62.9 Å². The zero-order valence-electron chi connectivity index (χ0n) is 31.5. The first-order chi connectivity index (χ1) is 25.9. The Labute approximate surface area is 338 Å². The molecule has 2 amide bonds. The fourth-order valence-electron chi connectivity index (χ4n) is 6.68. The van der Waals surface area contributed by atoms with E-state index in [0.29, 0.717) is 13.1 Å². The van der Waals surface area contributed by atoms with E-state index in [1.807, 2.05) is 24.3 Å². The lowest BCUT2D eigenvalue weighted by Crippen LogP contribution is -2.48. The third-order valence-corrected chi connectivity index (χ3v) is 9.83. The van der Waals surface area contributed by atoms with E-state index >= 15 is 0 Å². The molecule has 2 aromatic rings. The number of esters is 2. The molecule has 0 radical (unpaired) electrons. The average molecular weight is 822 g/mol. The Morgan fingerprint density at radius 3 is 1.30 bits per heavy atom. The van der Waals surface area contributed by atoms with Crippen molar-refractivity contribution in [3.8, 4) is 11.8 Å². The second-order valence-corrected chi connectivity index (χ2v) is 13.0. The van der Waals surface area contributed by atoms with Crippen LogP contribution >= 0.6 is 24.8 Å². The van der Waals surface area contributed by atoms with Crippen molar-refractivity contribution in [2.75, 3.05) is 40.5 Å². The molecule has 56 heavy (non-hydrogen) atoms. The van der Waals surface area contributed by atoms with E-state index in [4.69, 9.17) is 30.4 Å². The number of amides is 2. The molecule has 16 nitrogen and oxygen atoms in total. The van der Waals surface area contributed by atoms with Crippen LogP contribution in [0.3, 0.4) is 0 Å². The number of hydrogen-bond donors (Lipinski definition) is 6. The van der Waals surface area contributed by atoms with Gasteiger partial charge in [0.05, 0.1) is 38.1 Å². The molecular formula is C38H50Cl2N6O10. The lowest BCUT2D eigenvalue weighted by atomic mass is 9.82. The molecule has 2 aliphatic heterocycles. The van der Waals surface area contributed by atoms with Crippen LogP contribution < -0.4 is 32.7 Å². The van der Waals surface area contributed by atoms with Gasteiger partial charge < -0.3 is 51.7 Å². The predicted octanol–water partition coefficient (Wildman–Crippen LogP) is 1.21. The van der Waals surface area contributed by atoms with Crippen LogP contribution in [-0.2, 0) is 51.2 Å². The normalized spacial score (nSPS) is 22.0. The van der Waals surface area contributed by atoms with Gasteiger partial charge in [-0.1, -0.05) is 74.2 Å². The molecule has 0 saturated carbocycles. The Bertz CT molecular complexity index is 1610. The molecule has 2 aliphatic rings. The highest BCUT2D eigenvalue weighted by Gasteiger charge is 2.48. The van der Waals surface area contributed by atoms with E-state index in [2.05, 4.69) is 33.1 Å². The minimum absolute atomic E-state index is 0. The Balaban J connectivity index is 0.00000541. The van der Waals surface area contributed by atoms with E-state index in [1.165, 1.54) is 14.2 Å². The number of rotatable bonds is 14. The van der Waals surface area contributed by atoms with Crippen molar-refractivity contribution in [3.63, 3.8) is 0 Å². The molecule has 4 rings (SSSR count). The number of hydrogen-bond acceptors (Lipinski definition) is 14. The van der Waals surface area contributed by atoms with Crippen LogP contribution in [0.25, 0.3) is 0 Å². The maximum absolute atomic E-state index is 13.7. The van der Waals surface area contributed by atoms with Gasteiger partial charge in [0.25, 0.3) is 0 Å². The van der Waals surface area contributed by atoms with Crippen molar-refractivity contribution in [1.82, 2.24) is 21.3 Å². The van der Waals surface area contributed by atoms with Crippen LogP contribution in [0.5, 0.6) is 0 Å². The quantitative estimate of drug-likeness (QED) is 0.0893. The molecular weight excluding hydrogens is 771 g/mol. The largest absolute Gasteiger partial charge is 0.468 e. The highest BCUT2D eigenvalue weighted by atomic mass is 35.5. The summed E-state index contributed by atoms with van der Waals surface area (Å²) in [7, 11) is 2.44. The monoisotopic (exact) mass is 820 g/mol. The summed E-state index contributed by atoms with van der Waals surface area (Å²) in [5, 5.41) is 11.2. The topological polar surface area (TPSA) is 240 Å². The molecule has 8 N–H and O–H groups in total. The number of nitrogens with one attached hydrogen (secondary N) is 4. The van der Waals surface area contributed by atoms with E-state index in [9.17, 15) is 28.8 Å². The summed E-state index contributed by atoms with van der Waals surface area (Å²) in [6.07, 6.45) is -1.74. The first-order valence-electron chi connectivity index (χ1n) is 17.5. The van der Waals surface area contributed by atoms with Crippen LogP contribution in [0.4, 0.5) is 9.59 Å². The molecule has 2 aromatic carbocycles. The number of nitrogens with two attached hydrogens (primary N) is 2. The Morgan fingerprint density at radius 2 is 1.00 bits per heavy atom. The second-order valence-electron chi connectivity index (χ2n) is 13.0. The zero-order chi connectivity index (χ0) is 39.4. The van der Waals surface area contributed by atoms with Crippen LogP contribution in [0.1, 0.15) is 47.9 Å². The van der Waals surface area contributed by atoms with Gasteiger partial charge in [-0.25, -0.2) is 9.59 Å². The summed E-state index contributed by atoms with van der Waals surface area (Å²) in [4.78, 5) is 77.7. The van der Waals surface area contributed by atoms with Gasteiger partial charge in [0.2, 0.25) is 0 Å². The molecule has 2 saturated heterocycles.